The topological polar surface area (TPSA) is 29.9 Å². The number of aromatic nitrogens is 2. The fourth-order valence-corrected chi connectivity index (χ4v) is 2.05. The molecule has 1 aromatic rings. The van der Waals surface area contributed by atoms with Gasteiger partial charge in [0.25, 0.3) is 0 Å². The van der Waals surface area contributed by atoms with Crippen LogP contribution < -0.4 is 5.32 Å². The van der Waals surface area contributed by atoms with Crippen molar-refractivity contribution < 1.29 is 0 Å². The van der Waals surface area contributed by atoms with Crippen LogP contribution in [0, 0.1) is 0 Å². The molecule has 1 aromatic heterocycles. The summed E-state index contributed by atoms with van der Waals surface area (Å²) < 4.78 is 2.06. The monoisotopic (exact) mass is 191 g/mol. The standard InChI is InChI=1S/C11H17N3/c1-14-11(8-2-3-8)9(7-13-14)6-12-10-4-5-10/h7-8,10,12H,2-6H2,1H3. The van der Waals surface area contributed by atoms with Gasteiger partial charge in [-0.2, -0.15) is 5.10 Å². The van der Waals surface area contributed by atoms with Gasteiger partial charge in [0, 0.05) is 36.8 Å². The highest BCUT2D eigenvalue weighted by atomic mass is 15.3. The molecule has 0 spiro atoms. The van der Waals surface area contributed by atoms with Gasteiger partial charge in [-0.05, 0) is 25.7 Å². The quantitative estimate of drug-likeness (QED) is 0.782. The van der Waals surface area contributed by atoms with Crippen molar-refractivity contribution in [1.29, 1.82) is 0 Å². The molecule has 14 heavy (non-hydrogen) atoms. The van der Waals surface area contributed by atoms with Crippen molar-refractivity contribution in [1.82, 2.24) is 15.1 Å². The second kappa shape index (κ2) is 3.09. The van der Waals surface area contributed by atoms with Crippen LogP contribution in [0.4, 0.5) is 0 Å². The zero-order chi connectivity index (χ0) is 9.54. The Labute approximate surface area is 84.5 Å². The summed E-state index contributed by atoms with van der Waals surface area (Å²) in [4.78, 5) is 0. The van der Waals surface area contributed by atoms with Crippen LogP contribution in [0.3, 0.4) is 0 Å². The first-order chi connectivity index (χ1) is 6.84. The van der Waals surface area contributed by atoms with Crippen molar-refractivity contribution in [3.63, 3.8) is 0 Å². The molecule has 0 atom stereocenters. The molecule has 0 amide bonds. The molecule has 3 nitrogen and oxygen atoms in total. The van der Waals surface area contributed by atoms with E-state index in [4.69, 9.17) is 0 Å². The Kier molecular flexibility index (Phi) is 1.87. The minimum Gasteiger partial charge on any atom is -0.310 e. The van der Waals surface area contributed by atoms with E-state index in [0.717, 1.165) is 18.5 Å². The molecule has 0 saturated heterocycles. The highest BCUT2D eigenvalue weighted by Gasteiger charge is 2.29. The summed E-state index contributed by atoms with van der Waals surface area (Å²) in [6, 6.07) is 0.794. The number of nitrogens with one attached hydrogen (secondary N) is 1. The minimum atomic E-state index is 0.794. The summed E-state index contributed by atoms with van der Waals surface area (Å²) in [6.45, 7) is 1.02. The van der Waals surface area contributed by atoms with Gasteiger partial charge in [-0.1, -0.05) is 0 Å². The average Bonchev–Trinajstić information content (AvgIpc) is 3.05. The molecule has 2 fully saturated rings. The van der Waals surface area contributed by atoms with Gasteiger partial charge in [0.15, 0.2) is 0 Å². The third kappa shape index (κ3) is 1.57. The Morgan fingerprint density at radius 1 is 1.43 bits per heavy atom. The third-order valence-electron chi connectivity index (χ3n) is 3.19. The highest BCUT2D eigenvalue weighted by molar-refractivity contribution is 5.25. The van der Waals surface area contributed by atoms with Crippen LogP contribution in [0.25, 0.3) is 0 Å². The summed E-state index contributed by atoms with van der Waals surface area (Å²) in [5, 5.41) is 7.91. The lowest BCUT2D eigenvalue weighted by Crippen LogP contribution is -2.16. The fourth-order valence-electron chi connectivity index (χ4n) is 2.05. The molecule has 3 heteroatoms. The number of aryl methyl sites for hydroxylation is 1. The maximum Gasteiger partial charge on any atom is 0.0537 e. The lowest BCUT2D eigenvalue weighted by Gasteiger charge is -2.05. The second-order valence-electron chi connectivity index (χ2n) is 4.61. The highest BCUT2D eigenvalue weighted by Crippen LogP contribution is 2.41. The van der Waals surface area contributed by atoms with Crippen molar-refractivity contribution in [2.75, 3.05) is 0 Å². The smallest absolute Gasteiger partial charge is 0.0537 e. The van der Waals surface area contributed by atoms with Gasteiger partial charge in [0.1, 0.15) is 0 Å². The molecule has 3 rings (SSSR count). The van der Waals surface area contributed by atoms with E-state index in [2.05, 4.69) is 22.1 Å². The number of hydrogen-bond acceptors (Lipinski definition) is 2. The Morgan fingerprint density at radius 2 is 2.21 bits per heavy atom. The summed E-state index contributed by atoms with van der Waals surface area (Å²) >= 11 is 0. The number of nitrogens with zero attached hydrogens (tertiary/aromatic N) is 2. The van der Waals surface area contributed by atoms with Crippen molar-refractivity contribution in [2.45, 2.75) is 44.2 Å². The molecule has 0 aliphatic heterocycles. The van der Waals surface area contributed by atoms with E-state index in [-0.39, 0.29) is 0 Å². The molecule has 2 saturated carbocycles. The third-order valence-corrected chi connectivity index (χ3v) is 3.19. The maximum atomic E-state index is 4.35. The maximum absolute atomic E-state index is 4.35. The van der Waals surface area contributed by atoms with Crippen LogP contribution >= 0.6 is 0 Å². The Morgan fingerprint density at radius 3 is 2.86 bits per heavy atom. The normalized spacial score (nSPS) is 21.5. The minimum absolute atomic E-state index is 0.794. The van der Waals surface area contributed by atoms with Crippen LogP contribution in [0.15, 0.2) is 6.20 Å². The zero-order valence-corrected chi connectivity index (χ0v) is 8.66. The molecular formula is C11H17N3. The van der Waals surface area contributed by atoms with Crippen LogP contribution in [0.1, 0.15) is 42.9 Å². The van der Waals surface area contributed by atoms with E-state index in [9.17, 15) is 0 Å². The number of hydrogen-bond donors (Lipinski definition) is 1. The van der Waals surface area contributed by atoms with E-state index in [0.29, 0.717) is 0 Å². The van der Waals surface area contributed by atoms with Gasteiger partial charge in [0.2, 0.25) is 0 Å². The first kappa shape index (κ1) is 8.48. The first-order valence-corrected chi connectivity index (χ1v) is 5.59. The van der Waals surface area contributed by atoms with Crippen molar-refractivity contribution in [3.8, 4) is 0 Å². The molecule has 1 N–H and O–H groups in total. The van der Waals surface area contributed by atoms with Crippen molar-refractivity contribution in [3.05, 3.63) is 17.5 Å². The van der Waals surface area contributed by atoms with Crippen LogP contribution in [0.5, 0.6) is 0 Å². The Balaban J connectivity index is 1.74. The van der Waals surface area contributed by atoms with Gasteiger partial charge >= 0.3 is 0 Å². The van der Waals surface area contributed by atoms with Crippen LogP contribution in [-0.4, -0.2) is 15.8 Å². The van der Waals surface area contributed by atoms with E-state index >= 15 is 0 Å². The summed E-state index contributed by atoms with van der Waals surface area (Å²) in [6.07, 6.45) is 7.47. The summed E-state index contributed by atoms with van der Waals surface area (Å²) in [5.41, 5.74) is 2.89. The zero-order valence-electron chi connectivity index (χ0n) is 8.66. The lowest BCUT2D eigenvalue weighted by atomic mass is 10.2. The van der Waals surface area contributed by atoms with Crippen molar-refractivity contribution >= 4 is 0 Å². The predicted octanol–water partition coefficient (Wildman–Crippen LogP) is 1.55. The largest absolute Gasteiger partial charge is 0.310 e. The van der Waals surface area contributed by atoms with Crippen molar-refractivity contribution in [2.24, 2.45) is 7.05 Å². The molecule has 0 radical (unpaired) electrons. The molecule has 2 aliphatic rings. The van der Waals surface area contributed by atoms with E-state index in [1.54, 1.807) is 0 Å². The predicted molar refractivity (Wildman–Crippen MR) is 55.0 cm³/mol. The fraction of sp³-hybridized carbons (Fsp3) is 0.727. The van der Waals surface area contributed by atoms with E-state index in [1.807, 2.05) is 6.20 Å². The van der Waals surface area contributed by atoms with Crippen LogP contribution in [0.2, 0.25) is 0 Å². The summed E-state index contributed by atoms with van der Waals surface area (Å²) in [7, 11) is 2.06. The second-order valence-corrected chi connectivity index (χ2v) is 4.61. The SMILES string of the molecule is Cn1ncc(CNC2CC2)c1C1CC1. The molecule has 0 unspecified atom stereocenters. The average molecular weight is 191 g/mol. The van der Waals surface area contributed by atoms with Gasteiger partial charge < -0.3 is 5.32 Å². The van der Waals surface area contributed by atoms with E-state index < -0.39 is 0 Å². The molecule has 76 valence electrons. The molecule has 0 aromatic carbocycles. The lowest BCUT2D eigenvalue weighted by molar-refractivity contribution is 0.670. The van der Waals surface area contributed by atoms with Gasteiger partial charge in [0.05, 0.1) is 6.20 Å². The number of rotatable bonds is 4. The van der Waals surface area contributed by atoms with E-state index in [1.165, 1.54) is 36.9 Å². The molecule has 1 heterocycles. The Hall–Kier alpha value is -0.830. The van der Waals surface area contributed by atoms with Gasteiger partial charge in [-0.25, -0.2) is 0 Å². The molecule has 2 aliphatic carbocycles. The van der Waals surface area contributed by atoms with Gasteiger partial charge in [-0.3, -0.25) is 4.68 Å². The molecule has 0 bridgehead atoms. The first-order valence-electron chi connectivity index (χ1n) is 5.59. The Bertz CT molecular complexity index is 334. The van der Waals surface area contributed by atoms with Crippen LogP contribution in [-0.2, 0) is 13.6 Å². The van der Waals surface area contributed by atoms with Gasteiger partial charge in [-0.15, -0.1) is 0 Å². The molecular weight excluding hydrogens is 174 g/mol. The summed E-state index contributed by atoms with van der Waals surface area (Å²) in [5.74, 6) is 0.804.